The molecule has 1 aromatic carbocycles. The fraction of sp³-hybridized carbons (Fsp3) is 0.357. The topological polar surface area (TPSA) is 74.3 Å². The van der Waals surface area contributed by atoms with Crippen LogP contribution < -0.4 is 10.6 Å². The van der Waals surface area contributed by atoms with Gasteiger partial charge in [-0.1, -0.05) is 12.1 Å². The number of nitrogens with zero attached hydrogens (tertiary/aromatic N) is 2. The number of fused-ring (bicyclic) bond motifs is 1. The summed E-state index contributed by atoms with van der Waals surface area (Å²) in [6.45, 7) is 3.00. The molecule has 1 aromatic heterocycles. The number of aromatic nitrogens is 1. The van der Waals surface area contributed by atoms with Crippen molar-refractivity contribution < 1.29 is 9.59 Å². The first-order chi connectivity index (χ1) is 10.1. The van der Waals surface area contributed by atoms with E-state index in [1.165, 1.54) is 0 Å². The minimum Gasteiger partial charge on any atom is -0.338 e. The zero-order valence-electron chi connectivity index (χ0n) is 12.0. The zero-order valence-corrected chi connectivity index (χ0v) is 12.9. The van der Waals surface area contributed by atoms with E-state index in [-0.39, 0.29) is 12.5 Å². The van der Waals surface area contributed by atoms with Gasteiger partial charge < -0.3 is 5.32 Å². The van der Waals surface area contributed by atoms with Crippen molar-refractivity contribution in [3.63, 3.8) is 0 Å². The van der Waals surface area contributed by atoms with Gasteiger partial charge in [0.25, 0.3) is 0 Å². The molecule has 0 aliphatic heterocycles. The van der Waals surface area contributed by atoms with Crippen LogP contribution in [-0.2, 0) is 11.3 Å². The van der Waals surface area contributed by atoms with Crippen LogP contribution in [0.1, 0.15) is 11.9 Å². The molecule has 0 spiro atoms. The summed E-state index contributed by atoms with van der Waals surface area (Å²) in [5, 5.41) is 5.74. The van der Waals surface area contributed by atoms with E-state index in [1.807, 2.05) is 36.2 Å². The van der Waals surface area contributed by atoms with Crippen LogP contribution in [0.3, 0.4) is 0 Å². The SMILES string of the molecule is CCNC(=O)NC(=O)CN(C)Cc1nc2ccccc2s1. The van der Waals surface area contributed by atoms with Crippen molar-refractivity contribution in [2.75, 3.05) is 20.1 Å². The highest BCUT2D eigenvalue weighted by atomic mass is 32.1. The Morgan fingerprint density at radius 1 is 1.33 bits per heavy atom. The molecule has 112 valence electrons. The maximum absolute atomic E-state index is 11.7. The predicted octanol–water partition coefficient (Wildman–Crippen LogP) is 1.57. The summed E-state index contributed by atoms with van der Waals surface area (Å²) >= 11 is 1.61. The molecule has 0 aliphatic carbocycles. The van der Waals surface area contributed by atoms with E-state index < -0.39 is 6.03 Å². The number of rotatable bonds is 5. The van der Waals surface area contributed by atoms with Gasteiger partial charge in [-0.2, -0.15) is 0 Å². The fourth-order valence-corrected chi connectivity index (χ4v) is 2.94. The highest BCUT2D eigenvalue weighted by molar-refractivity contribution is 7.18. The Morgan fingerprint density at radius 2 is 2.10 bits per heavy atom. The number of thiazole rings is 1. The molecule has 2 N–H and O–H groups in total. The quantitative estimate of drug-likeness (QED) is 0.879. The van der Waals surface area contributed by atoms with Gasteiger partial charge in [0.05, 0.1) is 23.3 Å². The lowest BCUT2D eigenvalue weighted by molar-refractivity contribution is -0.120. The number of para-hydroxylation sites is 1. The molecule has 2 rings (SSSR count). The molecule has 7 heteroatoms. The van der Waals surface area contributed by atoms with E-state index in [1.54, 1.807) is 18.3 Å². The summed E-state index contributed by atoms with van der Waals surface area (Å²) < 4.78 is 1.13. The smallest absolute Gasteiger partial charge is 0.321 e. The predicted molar refractivity (Wildman–Crippen MR) is 83.2 cm³/mol. The molecule has 0 aliphatic rings. The summed E-state index contributed by atoms with van der Waals surface area (Å²) in [7, 11) is 1.82. The summed E-state index contributed by atoms with van der Waals surface area (Å²) in [6, 6.07) is 7.47. The zero-order chi connectivity index (χ0) is 15.2. The van der Waals surface area contributed by atoms with Gasteiger partial charge in [0.2, 0.25) is 5.91 Å². The third-order valence-electron chi connectivity index (χ3n) is 2.75. The minimum absolute atomic E-state index is 0.146. The van der Waals surface area contributed by atoms with Crippen LogP contribution in [0, 0.1) is 0 Å². The Bertz CT molecular complexity index is 608. The standard InChI is InChI=1S/C14H18N4O2S/c1-3-15-14(20)17-12(19)8-18(2)9-13-16-10-6-4-5-7-11(10)21-13/h4-7H,3,8-9H2,1-2H3,(H2,15,17,19,20). The first-order valence-electron chi connectivity index (χ1n) is 6.69. The number of imide groups is 1. The number of nitrogens with one attached hydrogen (secondary N) is 2. The highest BCUT2D eigenvalue weighted by Gasteiger charge is 2.12. The van der Waals surface area contributed by atoms with Gasteiger partial charge in [-0.3, -0.25) is 15.0 Å². The van der Waals surface area contributed by atoms with Gasteiger partial charge in [0, 0.05) is 6.54 Å². The number of amides is 3. The Morgan fingerprint density at radius 3 is 2.81 bits per heavy atom. The van der Waals surface area contributed by atoms with Gasteiger partial charge in [-0.05, 0) is 26.1 Å². The largest absolute Gasteiger partial charge is 0.338 e. The van der Waals surface area contributed by atoms with Crippen LogP contribution in [0.4, 0.5) is 4.79 Å². The Hall–Kier alpha value is -1.99. The Balaban J connectivity index is 1.87. The molecule has 6 nitrogen and oxygen atoms in total. The molecule has 0 fully saturated rings. The van der Waals surface area contributed by atoms with Crippen molar-refractivity contribution in [1.82, 2.24) is 20.5 Å². The van der Waals surface area contributed by atoms with Crippen LogP contribution in [0.5, 0.6) is 0 Å². The van der Waals surface area contributed by atoms with Gasteiger partial charge in [-0.25, -0.2) is 9.78 Å². The first kappa shape index (κ1) is 15.4. The summed E-state index contributed by atoms with van der Waals surface area (Å²) in [5.74, 6) is -0.329. The van der Waals surface area contributed by atoms with Gasteiger partial charge in [-0.15, -0.1) is 11.3 Å². The van der Waals surface area contributed by atoms with Crippen molar-refractivity contribution in [2.45, 2.75) is 13.5 Å². The number of carbonyl (C=O) groups excluding carboxylic acids is 2. The normalized spacial score (nSPS) is 10.8. The number of benzene rings is 1. The maximum atomic E-state index is 11.7. The lowest BCUT2D eigenvalue weighted by Gasteiger charge is -2.14. The average molecular weight is 306 g/mol. The minimum atomic E-state index is -0.462. The van der Waals surface area contributed by atoms with E-state index in [2.05, 4.69) is 15.6 Å². The van der Waals surface area contributed by atoms with Gasteiger partial charge >= 0.3 is 6.03 Å². The summed E-state index contributed by atoms with van der Waals surface area (Å²) in [6.07, 6.45) is 0. The molecule has 0 saturated carbocycles. The molecule has 0 atom stereocenters. The first-order valence-corrected chi connectivity index (χ1v) is 7.50. The number of hydrogen-bond acceptors (Lipinski definition) is 5. The number of carbonyl (C=O) groups is 2. The second-order valence-electron chi connectivity index (χ2n) is 4.66. The number of hydrogen-bond donors (Lipinski definition) is 2. The molecule has 1 heterocycles. The van der Waals surface area contributed by atoms with Crippen LogP contribution in [0.15, 0.2) is 24.3 Å². The van der Waals surface area contributed by atoms with Gasteiger partial charge in [0.1, 0.15) is 5.01 Å². The van der Waals surface area contributed by atoms with E-state index in [0.717, 1.165) is 15.2 Å². The fourth-order valence-electron chi connectivity index (χ4n) is 1.89. The second kappa shape index (κ2) is 7.14. The van der Waals surface area contributed by atoms with Crippen LogP contribution in [0.2, 0.25) is 0 Å². The molecular formula is C14H18N4O2S. The average Bonchev–Trinajstić information content (AvgIpc) is 2.80. The Labute approximate surface area is 127 Å². The third kappa shape index (κ3) is 4.51. The molecular weight excluding hydrogens is 288 g/mol. The van der Waals surface area contributed by atoms with Crippen molar-refractivity contribution in [3.8, 4) is 0 Å². The molecule has 21 heavy (non-hydrogen) atoms. The van der Waals surface area contributed by atoms with E-state index in [0.29, 0.717) is 13.1 Å². The lowest BCUT2D eigenvalue weighted by atomic mass is 10.3. The Kier molecular flexibility index (Phi) is 5.24. The molecule has 0 saturated heterocycles. The van der Waals surface area contributed by atoms with Crippen LogP contribution >= 0.6 is 11.3 Å². The maximum Gasteiger partial charge on any atom is 0.321 e. The monoisotopic (exact) mass is 306 g/mol. The molecule has 0 unspecified atom stereocenters. The van der Waals surface area contributed by atoms with E-state index in [9.17, 15) is 9.59 Å². The molecule has 3 amide bonds. The van der Waals surface area contributed by atoms with E-state index in [4.69, 9.17) is 0 Å². The van der Waals surface area contributed by atoms with Gasteiger partial charge in [0.15, 0.2) is 0 Å². The molecule has 2 aromatic rings. The summed E-state index contributed by atoms with van der Waals surface area (Å²) in [4.78, 5) is 29.3. The van der Waals surface area contributed by atoms with Crippen LogP contribution in [-0.4, -0.2) is 42.0 Å². The van der Waals surface area contributed by atoms with Crippen LogP contribution in [0.25, 0.3) is 10.2 Å². The molecule has 0 radical (unpaired) electrons. The number of urea groups is 1. The molecule has 0 bridgehead atoms. The van der Waals surface area contributed by atoms with Crippen molar-refractivity contribution in [2.24, 2.45) is 0 Å². The van der Waals surface area contributed by atoms with E-state index >= 15 is 0 Å². The third-order valence-corrected chi connectivity index (χ3v) is 3.77. The van der Waals surface area contributed by atoms with Crippen molar-refractivity contribution >= 4 is 33.5 Å². The number of likely N-dealkylation sites (N-methyl/N-ethyl adjacent to an activating group) is 1. The summed E-state index contributed by atoms with van der Waals surface area (Å²) in [5.41, 5.74) is 0.970. The highest BCUT2D eigenvalue weighted by Crippen LogP contribution is 2.22. The second-order valence-corrected chi connectivity index (χ2v) is 5.77. The lowest BCUT2D eigenvalue weighted by Crippen LogP contribution is -2.43. The van der Waals surface area contributed by atoms with Crippen molar-refractivity contribution in [3.05, 3.63) is 29.3 Å². The van der Waals surface area contributed by atoms with Crippen molar-refractivity contribution in [1.29, 1.82) is 0 Å².